The summed E-state index contributed by atoms with van der Waals surface area (Å²) < 4.78 is 11.0. The first kappa shape index (κ1) is 24.5. The molecule has 6 nitrogen and oxygen atoms in total. The van der Waals surface area contributed by atoms with Crippen LogP contribution < -0.4 is 9.47 Å². The van der Waals surface area contributed by atoms with Gasteiger partial charge in [-0.05, 0) is 49.7 Å². The molecular weight excluding hydrogens is 438 g/mol. The van der Waals surface area contributed by atoms with Crippen molar-refractivity contribution in [2.75, 3.05) is 27.8 Å². The molecule has 1 aliphatic heterocycles. The minimum atomic E-state index is -0.171. The molecule has 1 amide bonds. The van der Waals surface area contributed by atoms with Crippen LogP contribution in [0.2, 0.25) is 0 Å². The van der Waals surface area contributed by atoms with Crippen molar-refractivity contribution >= 4 is 11.6 Å². The normalized spacial score (nSPS) is 15.3. The SMILES string of the molecule is COc1ccc(C2=NN(C(=O)CN(C)Cc3ccccc3)[C@H](c3ccc(C)cc3C)C2)c(OC)c1. The summed E-state index contributed by atoms with van der Waals surface area (Å²) in [7, 11) is 5.23. The number of nitrogens with zero attached hydrogens (tertiary/aromatic N) is 3. The molecule has 0 radical (unpaired) electrons. The number of carbonyl (C=O) groups is 1. The van der Waals surface area contributed by atoms with Crippen molar-refractivity contribution in [1.82, 2.24) is 9.91 Å². The summed E-state index contributed by atoms with van der Waals surface area (Å²) in [5, 5.41) is 6.52. The maximum Gasteiger partial charge on any atom is 0.257 e. The summed E-state index contributed by atoms with van der Waals surface area (Å²) in [6.07, 6.45) is 0.612. The van der Waals surface area contributed by atoms with Crippen LogP contribution >= 0.6 is 0 Å². The van der Waals surface area contributed by atoms with Crippen molar-refractivity contribution in [2.45, 2.75) is 32.9 Å². The molecule has 3 aromatic rings. The van der Waals surface area contributed by atoms with Crippen molar-refractivity contribution < 1.29 is 14.3 Å². The van der Waals surface area contributed by atoms with Crippen LogP contribution in [0.25, 0.3) is 0 Å². The Morgan fingerprint density at radius 2 is 1.80 bits per heavy atom. The molecule has 0 saturated carbocycles. The van der Waals surface area contributed by atoms with E-state index in [1.807, 2.05) is 48.3 Å². The number of hydrogen-bond donors (Lipinski definition) is 0. The van der Waals surface area contributed by atoms with Crippen molar-refractivity contribution in [3.8, 4) is 11.5 Å². The summed E-state index contributed by atoms with van der Waals surface area (Å²) >= 11 is 0. The van der Waals surface area contributed by atoms with Gasteiger partial charge >= 0.3 is 0 Å². The van der Waals surface area contributed by atoms with E-state index in [2.05, 4.69) is 44.2 Å². The highest BCUT2D eigenvalue weighted by atomic mass is 16.5. The Morgan fingerprint density at radius 1 is 1.03 bits per heavy atom. The monoisotopic (exact) mass is 471 g/mol. The molecule has 0 saturated heterocycles. The largest absolute Gasteiger partial charge is 0.497 e. The third kappa shape index (κ3) is 5.54. The van der Waals surface area contributed by atoms with Gasteiger partial charge in [-0.2, -0.15) is 5.10 Å². The lowest BCUT2D eigenvalue weighted by molar-refractivity contribution is -0.134. The van der Waals surface area contributed by atoms with Crippen molar-refractivity contribution in [3.05, 3.63) is 94.5 Å². The molecule has 1 heterocycles. The summed E-state index contributed by atoms with van der Waals surface area (Å²) in [5.41, 5.74) is 6.33. The number of hydrazone groups is 1. The minimum Gasteiger partial charge on any atom is -0.497 e. The van der Waals surface area contributed by atoms with Crippen LogP contribution in [-0.4, -0.2) is 49.3 Å². The zero-order valence-corrected chi connectivity index (χ0v) is 21.1. The summed E-state index contributed by atoms with van der Waals surface area (Å²) in [6, 6.07) is 22.1. The minimum absolute atomic E-state index is 0.0316. The molecule has 1 aliphatic rings. The Labute approximate surface area is 207 Å². The number of methoxy groups -OCH3 is 2. The van der Waals surface area contributed by atoms with Crippen LogP contribution in [0.1, 0.15) is 40.3 Å². The van der Waals surface area contributed by atoms with E-state index in [0.29, 0.717) is 24.5 Å². The van der Waals surface area contributed by atoms with Crippen molar-refractivity contribution in [1.29, 1.82) is 0 Å². The number of amides is 1. The zero-order chi connectivity index (χ0) is 24.9. The lowest BCUT2D eigenvalue weighted by Gasteiger charge is -2.26. The smallest absolute Gasteiger partial charge is 0.257 e. The lowest BCUT2D eigenvalue weighted by Crippen LogP contribution is -2.36. The van der Waals surface area contributed by atoms with Gasteiger partial charge in [-0.3, -0.25) is 9.69 Å². The van der Waals surface area contributed by atoms with Gasteiger partial charge in [0.15, 0.2) is 0 Å². The maximum absolute atomic E-state index is 13.6. The summed E-state index contributed by atoms with van der Waals surface area (Å²) in [4.78, 5) is 15.6. The van der Waals surface area contributed by atoms with E-state index in [1.54, 1.807) is 19.2 Å². The third-order valence-electron chi connectivity index (χ3n) is 6.37. The molecular formula is C29H33N3O3. The van der Waals surface area contributed by atoms with Gasteiger partial charge in [0, 0.05) is 24.6 Å². The second-order valence-corrected chi connectivity index (χ2v) is 9.09. The Hall–Kier alpha value is -3.64. The number of likely N-dealkylation sites (N-methyl/N-ethyl adjacent to an activating group) is 1. The van der Waals surface area contributed by atoms with E-state index >= 15 is 0 Å². The van der Waals surface area contributed by atoms with E-state index in [9.17, 15) is 4.79 Å². The van der Waals surface area contributed by atoms with Crippen LogP contribution in [0.3, 0.4) is 0 Å². The topological polar surface area (TPSA) is 54.4 Å². The molecule has 0 unspecified atom stereocenters. The van der Waals surface area contributed by atoms with Gasteiger partial charge < -0.3 is 9.47 Å². The average Bonchev–Trinajstić information content (AvgIpc) is 3.29. The second kappa shape index (κ2) is 10.7. The van der Waals surface area contributed by atoms with Gasteiger partial charge in [0.2, 0.25) is 0 Å². The molecule has 182 valence electrons. The maximum atomic E-state index is 13.6. The molecule has 0 aromatic heterocycles. The molecule has 1 atom stereocenters. The predicted octanol–water partition coefficient (Wildman–Crippen LogP) is 5.13. The molecule has 4 rings (SSSR count). The summed E-state index contributed by atoms with van der Waals surface area (Å²) in [6.45, 7) is 5.14. The third-order valence-corrected chi connectivity index (χ3v) is 6.37. The van der Waals surface area contributed by atoms with Crippen molar-refractivity contribution in [3.63, 3.8) is 0 Å². The molecule has 0 bridgehead atoms. The number of carbonyl (C=O) groups excluding carboxylic acids is 1. The first-order valence-electron chi connectivity index (χ1n) is 11.8. The first-order valence-corrected chi connectivity index (χ1v) is 11.8. The highest BCUT2D eigenvalue weighted by molar-refractivity contribution is 6.05. The number of rotatable bonds is 8. The van der Waals surface area contributed by atoms with Crippen LogP contribution in [0.5, 0.6) is 11.5 Å². The van der Waals surface area contributed by atoms with Gasteiger partial charge in [0.1, 0.15) is 11.5 Å². The summed E-state index contributed by atoms with van der Waals surface area (Å²) in [5.74, 6) is 1.36. The zero-order valence-electron chi connectivity index (χ0n) is 21.1. The predicted molar refractivity (Wildman–Crippen MR) is 139 cm³/mol. The number of hydrogen-bond acceptors (Lipinski definition) is 5. The molecule has 0 fully saturated rings. The lowest BCUT2D eigenvalue weighted by atomic mass is 9.94. The molecule has 35 heavy (non-hydrogen) atoms. The fraction of sp³-hybridized carbons (Fsp3) is 0.310. The highest BCUT2D eigenvalue weighted by Crippen LogP contribution is 2.37. The quantitative estimate of drug-likeness (QED) is 0.457. The molecule has 6 heteroatoms. The van der Waals surface area contributed by atoms with E-state index in [4.69, 9.17) is 14.6 Å². The van der Waals surface area contributed by atoms with Gasteiger partial charge in [0.05, 0.1) is 32.5 Å². The van der Waals surface area contributed by atoms with Gasteiger partial charge in [-0.25, -0.2) is 5.01 Å². The van der Waals surface area contributed by atoms with E-state index in [-0.39, 0.29) is 18.5 Å². The Bertz CT molecular complexity index is 1220. The number of benzene rings is 3. The van der Waals surface area contributed by atoms with Crippen LogP contribution in [0.15, 0.2) is 71.8 Å². The van der Waals surface area contributed by atoms with E-state index < -0.39 is 0 Å². The van der Waals surface area contributed by atoms with Gasteiger partial charge in [-0.15, -0.1) is 0 Å². The average molecular weight is 472 g/mol. The van der Waals surface area contributed by atoms with Crippen LogP contribution in [0, 0.1) is 13.8 Å². The first-order chi connectivity index (χ1) is 16.9. The Balaban J connectivity index is 1.64. The standard InChI is InChI=1S/C29H33N3O3/c1-20-11-13-24(21(2)15-20)27-17-26(25-14-12-23(34-4)16-28(25)35-5)30-32(27)29(33)19-31(3)18-22-9-7-6-8-10-22/h6-16,27H,17-19H2,1-5H3/t27-/m0/s1. The van der Waals surface area contributed by atoms with Crippen LogP contribution in [-0.2, 0) is 11.3 Å². The molecule has 3 aromatic carbocycles. The van der Waals surface area contributed by atoms with E-state index in [0.717, 1.165) is 22.4 Å². The van der Waals surface area contributed by atoms with Gasteiger partial charge in [-0.1, -0.05) is 54.1 Å². The fourth-order valence-corrected chi connectivity index (χ4v) is 4.64. The molecule has 0 N–H and O–H groups in total. The molecule has 0 aliphatic carbocycles. The second-order valence-electron chi connectivity index (χ2n) is 9.09. The van der Waals surface area contributed by atoms with Crippen LogP contribution in [0.4, 0.5) is 0 Å². The Morgan fingerprint density at radius 3 is 2.49 bits per heavy atom. The van der Waals surface area contributed by atoms with Gasteiger partial charge in [0.25, 0.3) is 5.91 Å². The van der Waals surface area contributed by atoms with Crippen molar-refractivity contribution in [2.24, 2.45) is 5.10 Å². The number of aryl methyl sites for hydroxylation is 2. The highest BCUT2D eigenvalue weighted by Gasteiger charge is 2.35. The fourth-order valence-electron chi connectivity index (χ4n) is 4.64. The molecule has 0 spiro atoms. The Kier molecular flexibility index (Phi) is 7.51. The van der Waals surface area contributed by atoms with E-state index in [1.165, 1.54) is 11.1 Å². The number of ether oxygens (including phenoxy) is 2.